The molecule has 0 spiro atoms. The Kier molecular flexibility index (Phi) is 5.43. The zero-order chi connectivity index (χ0) is 17.1. The predicted octanol–water partition coefficient (Wildman–Crippen LogP) is 5.04. The van der Waals surface area contributed by atoms with Crippen LogP contribution in [0.1, 0.15) is 13.8 Å². The van der Waals surface area contributed by atoms with E-state index >= 15 is 0 Å². The number of benzene rings is 1. The molecule has 0 saturated heterocycles. The van der Waals surface area contributed by atoms with Crippen molar-refractivity contribution in [3.8, 4) is 10.4 Å². The summed E-state index contributed by atoms with van der Waals surface area (Å²) in [6, 6.07) is 10.5. The molecular weight excluding hydrogens is 360 g/mol. The van der Waals surface area contributed by atoms with Crippen molar-refractivity contribution in [2.45, 2.75) is 29.0 Å². The number of carboxylic acid groups (broad SMARTS) is 1. The number of carboxylic acids is 1. The summed E-state index contributed by atoms with van der Waals surface area (Å²) in [6.45, 7) is 4.36. The number of rotatable bonds is 6. The van der Waals surface area contributed by atoms with Crippen molar-refractivity contribution >= 4 is 51.0 Å². The Morgan fingerprint density at radius 1 is 1.25 bits per heavy atom. The summed E-state index contributed by atoms with van der Waals surface area (Å²) in [7, 11) is 0. The Morgan fingerprint density at radius 3 is 2.67 bits per heavy atom. The van der Waals surface area contributed by atoms with Gasteiger partial charge in [-0.15, -0.1) is 23.1 Å². The number of fused-ring (bicyclic) bond motifs is 1. The van der Waals surface area contributed by atoms with E-state index in [1.807, 2.05) is 17.8 Å². The lowest BCUT2D eigenvalue weighted by molar-refractivity contribution is -0.133. The summed E-state index contributed by atoms with van der Waals surface area (Å²) in [6.07, 6.45) is 1.49. The van der Waals surface area contributed by atoms with Crippen LogP contribution in [0.25, 0.3) is 20.7 Å². The highest BCUT2D eigenvalue weighted by Crippen LogP contribution is 2.37. The van der Waals surface area contributed by atoms with E-state index in [1.165, 1.54) is 23.0 Å². The first-order valence-electron chi connectivity index (χ1n) is 7.39. The smallest absolute Gasteiger partial charge is 0.313 e. The maximum absolute atomic E-state index is 10.8. The van der Waals surface area contributed by atoms with Gasteiger partial charge in [-0.3, -0.25) is 4.79 Å². The fourth-order valence-electron chi connectivity index (χ4n) is 2.18. The van der Waals surface area contributed by atoms with Gasteiger partial charge < -0.3 is 5.11 Å². The standard InChI is InChI=1S/C17H16N2O2S3/c1-10(2)23-12-5-3-11(4-6-12)14-7-13-16(24-14)17(19-9-18-13)22-8-15(20)21/h3-7,9-10H,8H2,1-2H3,(H,20,21). The third-order valence-electron chi connectivity index (χ3n) is 3.12. The molecule has 124 valence electrons. The van der Waals surface area contributed by atoms with Gasteiger partial charge in [-0.2, -0.15) is 0 Å². The van der Waals surface area contributed by atoms with Crippen LogP contribution >= 0.6 is 34.9 Å². The van der Waals surface area contributed by atoms with Crippen LogP contribution in [-0.2, 0) is 4.79 Å². The van der Waals surface area contributed by atoms with Crippen LogP contribution in [0.2, 0.25) is 0 Å². The molecular formula is C17H16N2O2S3. The highest BCUT2D eigenvalue weighted by molar-refractivity contribution is 8.00. The van der Waals surface area contributed by atoms with Crippen molar-refractivity contribution in [2.24, 2.45) is 0 Å². The Balaban J connectivity index is 1.90. The van der Waals surface area contributed by atoms with Crippen LogP contribution in [0.5, 0.6) is 0 Å². The molecule has 0 saturated carbocycles. The Hall–Kier alpha value is -1.57. The third kappa shape index (κ3) is 4.09. The second-order valence-corrected chi connectivity index (χ2v) is 9.04. The van der Waals surface area contributed by atoms with Crippen molar-refractivity contribution in [1.82, 2.24) is 9.97 Å². The zero-order valence-electron chi connectivity index (χ0n) is 13.2. The molecule has 0 amide bonds. The van der Waals surface area contributed by atoms with Crippen molar-refractivity contribution < 1.29 is 9.90 Å². The normalized spacial score (nSPS) is 11.3. The number of carbonyl (C=O) groups is 1. The molecule has 0 aliphatic carbocycles. The van der Waals surface area contributed by atoms with E-state index in [1.54, 1.807) is 11.3 Å². The minimum atomic E-state index is -0.846. The molecule has 0 fully saturated rings. The number of thioether (sulfide) groups is 2. The first-order chi connectivity index (χ1) is 11.5. The van der Waals surface area contributed by atoms with Crippen LogP contribution in [0.4, 0.5) is 0 Å². The monoisotopic (exact) mass is 376 g/mol. The number of nitrogens with zero attached hydrogens (tertiary/aromatic N) is 2. The van der Waals surface area contributed by atoms with Crippen molar-refractivity contribution in [2.75, 3.05) is 5.75 Å². The predicted molar refractivity (Wildman–Crippen MR) is 102 cm³/mol. The highest BCUT2D eigenvalue weighted by atomic mass is 32.2. The third-order valence-corrected chi connectivity index (χ3v) is 6.42. The van der Waals surface area contributed by atoms with Crippen LogP contribution in [0.15, 0.2) is 46.6 Å². The van der Waals surface area contributed by atoms with Gasteiger partial charge in [0, 0.05) is 15.0 Å². The Labute approximate surface area is 152 Å². The molecule has 1 N–H and O–H groups in total. The van der Waals surface area contributed by atoms with Crippen LogP contribution in [0.3, 0.4) is 0 Å². The molecule has 2 aromatic heterocycles. The average molecular weight is 377 g/mol. The summed E-state index contributed by atoms with van der Waals surface area (Å²) < 4.78 is 0.944. The molecule has 0 aliphatic rings. The molecule has 3 aromatic rings. The van der Waals surface area contributed by atoms with E-state index in [9.17, 15) is 4.79 Å². The molecule has 7 heteroatoms. The van der Waals surface area contributed by atoms with Crippen molar-refractivity contribution in [3.63, 3.8) is 0 Å². The second kappa shape index (κ2) is 7.55. The highest BCUT2D eigenvalue weighted by Gasteiger charge is 2.12. The van der Waals surface area contributed by atoms with E-state index in [2.05, 4.69) is 48.1 Å². The molecule has 2 heterocycles. The average Bonchev–Trinajstić information content (AvgIpc) is 2.97. The largest absolute Gasteiger partial charge is 0.481 e. The maximum atomic E-state index is 10.8. The Bertz CT molecular complexity index is 860. The van der Waals surface area contributed by atoms with E-state index in [0.717, 1.165) is 25.7 Å². The van der Waals surface area contributed by atoms with Gasteiger partial charge in [0.15, 0.2) is 0 Å². The summed E-state index contributed by atoms with van der Waals surface area (Å²) >= 11 is 4.68. The summed E-state index contributed by atoms with van der Waals surface area (Å²) in [5.74, 6) is -0.845. The minimum Gasteiger partial charge on any atom is -0.481 e. The molecule has 0 radical (unpaired) electrons. The van der Waals surface area contributed by atoms with E-state index in [-0.39, 0.29) is 5.75 Å². The minimum absolute atomic E-state index is 0.000465. The number of aromatic nitrogens is 2. The molecule has 0 unspecified atom stereocenters. The van der Waals surface area contributed by atoms with Gasteiger partial charge in [-0.1, -0.05) is 37.7 Å². The van der Waals surface area contributed by atoms with Crippen molar-refractivity contribution in [1.29, 1.82) is 0 Å². The lowest BCUT2D eigenvalue weighted by atomic mass is 10.2. The second-order valence-electron chi connectivity index (χ2n) is 5.38. The van der Waals surface area contributed by atoms with Crippen LogP contribution in [0, 0.1) is 0 Å². The fraction of sp³-hybridized carbons (Fsp3) is 0.235. The van der Waals surface area contributed by atoms with Gasteiger partial charge >= 0.3 is 5.97 Å². The van der Waals surface area contributed by atoms with Gasteiger partial charge in [0.2, 0.25) is 0 Å². The molecule has 0 bridgehead atoms. The molecule has 24 heavy (non-hydrogen) atoms. The number of aliphatic carboxylic acids is 1. The van der Waals surface area contributed by atoms with E-state index < -0.39 is 5.97 Å². The van der Waals surface area contributed by atoms with Gasteiger partial charge in [0.1, 0.15) is 11.4 Å². The Morgan fingerprint density at radius 2 is 2.00 bits per heavy atom. The number of hydrogen-bond donors (Lipinski definition) is 1. The summed E-state index contributed by atoms with van der Waals surface area (Å²) in [5.41, 5.74) is 2.00. The van der Waals surface area contributed by atoms with E-state index in [0.29, 0.717) is 5.25 Å². The molecule has 1 aromatic carbocycles. The topological polar surface area (TPSA) is 63.1 Å². The molecule has 0 atom stereocenters. The van der Waals surface area contributed by atoms with Gasteiger partial charge in [-0.05, 0) is 23.8 Å². The number of hydrogen-bond acceptors (Lipinski definition) is 6. The van der Waals surface area contributed by atoms with Crippen LogP contribution < -0.4 is 0 Å². The lowest BCUT2D eigenvalue weighted by Gasteiger charge is -2.05. The molecule has 4 nitrogen and oxygen atoms in total. The summed E-state index contributed by atoms with van der Waals surface area (Å²) in [5, 5.41) is 10.1. The lowest BCUT2D eigenvalue weighted by Crippen LogP contribution is -1.98. The maximum Gasteiger partial charge on any atom is 0.313 e. The van der Waals surface area contributed by atoms with Gasteiger partial charge in [-0.25, -0.2) is 9.97 Å². The molecule has 3 rings (SSSR count). The molecule has 0 aliphatic heterocycles. The van der Waals surface area contributed by atoms with Gasteiger partial charge in [0.25, 0.3) is 0 Å². The SMILES string of the molecule is CC(C)Sc1ccc(-c2cc3ncnc(SCC(=O)O)c3s2)cc1. The van der Waals surface area contributed by atoms with E-state index in [4.69, 9.17) is 5.11 Å². The van der Waals surface area contributed by atoms with Crippen molar-refractivity contribution in [3.05, 3.63) is 36.7 Å². The van der Waals surface area contributed by atoms with Crippen LogP contribution in [-0.4, -0.2) is 32.0 Å². The first-order valence-corrected chi connectivity index (χ1v) is 10.1. The first kappa shape index (κ1) is 17.3. The fourth-order valence-corrected chi connectivity index (χ4v) is 4.94. The van der Waals surface area contributed by atoms with Gasteiger partial charge in [0.05, 0.1) is 16.0 Å². The zero-order valence-corrected chi connectivity index (χ0v) is 15.7. The summed E-state index contributed by atoms with van der Waals surface area (Å²) in [4.78, 5) is 21.7. The number of thiophene rings is 1. The quantitative estimate of drug-likeness (QED) is 0.480.